The van der Waals surface area contributed by atoms with Crippen LogP contribution < -0.4 is 16.0 Å². The van der Waals surface area contributed by atoms with Crippen molar-refractivity contribution in [3.05, 3.63) is 71.8 Å². The van der Waals surface area contributed by atoms with Gasteiger partial charge in [-0.2, -0.15) is 0 Å². The molecule has 1 unspecified atom stereocenters. The molecule has 6 nitrogen and oxygen atoms in total. The molecule has 0 bridgehead atoms. The van der Waals surface area contributed by atoms with Crippen LogP contribution in [0, 0.1) is 5.92 Å². The van der Waals surface area contributed by atoms with Gasteiger partial charge < -0.3 is 16.0 Å². The van der Waals surface area contributed by atoms with Crippen LogP contribution in [0.3, 0.4) is 0 Å². The fourth-order valence-electron chi connectivity index (χ4n) is 4.10. The number of hydrogen-bond acceptors (Lipinski definition) is 4. The Morgan fingerprint density at radius 3 is 2.37 bits per heavy atom. The van der Waals surface area contributed by atoms with Crippen LogP contribution >= 0.6 is 0 Å². The zero-order valence-corrected chi connectivity index (χ0v) is 17.1. The lowest BCUT2D eigenvalue weighted by atomic mass is 9.97. The molecule has 2 aliphatic rings. The second-order valence-corrected chi connectivity index (χ2v) is 8.05. The van der Waals surface area contributed by atoms with Gasteiger partial charge in [0.15, 0.2) is 0 Å². The molecule has 2 aromatic carbocycles. The van der Waals surface area contributed by atoms with E-state index in [2.05, 4.69) is 27.3 Å². The molecule has 156 valence electrons. The third-order valence-corrected chi connectivity index (χ3v) is 5.84. The number of likely N-dealkylation sites (tertiary alicyclic amines) is 1. The number of rotatable bonds is 6. The molecule has 2 aromatic rings. The van der Waals surface area contributed by atoms with Gasteiger partial charge in [-0.1, -0.05) is 24.3 Å². The van der Waals surface area contributed by atoms with Crippen LogP contribution in [-0.2, 0) is 11.3 Å². The van der Waals surface area contributed by atoms with Gasteiger partial charge in [0.2, 0.25) is 5.91 Å². The molecule has 4 rings (SSSR count). The number of primary amides is 1. The van der Waals surface area contributed by atoms with Crippen LogP contribution in [0.25, 0.3) is 0 Å². The Balaban J connectivity index is 1.31. The van der Waals surface area contributed by atoms with Crippen LogP contribution in [0.1, 0.15) is 28.8 Å². The Bertz CT molecular complexity index is 913. The molecule has 2 aliphatic heterocycles. The van der Waals surface area contributed by atoms with Gasteiger partial charge in [0.25, 0.3) is 5.91 Å². The molecule has 0 saturated carbocycles. The molecule has 0 radical (unpaired) electrons. The summed E-state index contributed by atoms with van der Waals surface area (Å²) in [5.74, 6) is -0.373. The minimum absolute atomic E-state index is 0.0505. The van der Waals surface area contributed by atoms with E-state index in [1.54, 1.807) is 0 Å². The van der Waals surface area contributed by atoms with Gasteiger partial charge >= 0.3 is 0 Å². The number of piperidine rings is 1. The molecule has 0 aromatic heterocycles. The summed E-state index contributed by atoms with van der Waals surface area (Å²) in [6.07, 6.45) is 6.17. The molecule has 2 amide bonds. The standard InChI is InChI=1S/C24H28N4O2/c25-23(29)20-4-3-13-27(17-20)16-18-5-9-21(10-6-18)26-24(30)19-7-11-22(12-8-19)28-14-1-2-15-28/h1-2,5-12,20H,3-4,13-17H2,(H2,25,29)(H,26,30). The Hall–Kier alpha value is -3.12. The average Bonchev–Trinajstić information content (AvgIpc) is 3.30. The molecule has 3 N–H and O–H groups in total. The van der Waals surface area contributed by atoms with E-state index in [0.717, 1.165) is 62.5 Å². The SMILES string of the molecule is NC(=O)C1CCCN(Cc2ccc(NC(=O)c3ccc(N4CC=CC4)cc3)cc2)C1. The first-order valence-electron chi connectivity index (χ1n) is 10.5. The summed E-state index contributed by atoms with van der Waals surface area (Å²) in [5.41, 5.74) is 9.15. The summed E-state index contributed by atoms with van der Waals surface area (Å²) in [6, 6.07) is 15.6. The van der Waals surface area contributed by atoms with Gasteiger partial charge in [-0.3, -0.25) is 14.5 Å². The van der Waals surface area contributed by atoms with Crippen molar-refractivity contribution in [1.29, 1.82) is 0 Å². The molecular weight excluding hydrogens is 376 g/mol. The monoisotopic (exact) mass is 404 g/mol. The maximum absolute atomic E-state index is 12.6. The van der Waals surface area contributed by atoms with Crippen LogP contribution in [0.4, 0.5) is 11.4 Å². The molecule has 1 saturated heterocycles. The lowest BCUT2D eigenvalue weighted by Crippen LogP contribution is -2.40. The Kier molecular flexibility index (Phi) is 6.14. The maximum atomic E-state index is 12.6. The number of nitrogens with one attached hydrogen (secondary N) is 1. The predicted molar refractivity (Wildman–Crippen MR) is 119 cm³/mol. The summed E-state index contributed by atoms with van der Waals surface area (Å²) >= 11 is 0. The van der Waals surface area contributed by atoms with E-state index in [1.807, 2.05) is 48.5 Å². The third kappa shape index (κ3) is 4.89. The van der Waals surface area contributed by atoms with Crippen molar-refractivity contribution in [1.82, 2.24) is 4.90 Å². The molecule has 30 heavy (non-hydrogen) atoms. The van der Waals surface area contributed by atoms with Crippen molar-refractivity contribution in [3.63, 3.8) is 0 Å². The summed E-state index contributed by atoms with van der Waals surface area (Å²) < 4.78 is 0. The smallest absolute Gasteiger partial charge is 0.255 e. The van der Waals surface area contributed by atoms with E-state index in [4.69, 9.17) is 5.73 Å². The predicted octanol–water partition coefficient (Wildman–Crippen LogP) is 3.01. The van der Waals surface area contributed by atoms with E-state index < -0.39 is 0 Å². The molecule has 1 fully saturated rings. The first-order valence-corrected chi connectivity index (χ1v) is 10.5. The van der Waals surface area contributed by atoms with E-state index >= 15 is 0 Å². The van der Waals surface area contributed by atoms with Gasteiger partial charge in [-0.25, -0.2) is 0 Å². The highest BCUT2D eigenvalue weighted by Gasteiger charge is 2.23. The molecule has 0 spiro atoms. The number of amides is 2. The zero-order chi connectivity index (χ0) is 20.9. The highest BCUT2D eigenvalue weighted by Crippen LogP contribution is 2.21. The second kappa shape index (κ2) is 9.13. The largest absolute Gasteiger partial charge is 0.369 e. The van der Waals surface area contributed by atoms with Gasteiger partial charge in [-0.05, 0) is 61.3 Å². The van der Waals surface area contributed by atoms with Gasteiger partial charge in [0.05, 0.1) is 5.92 Å². The minimum Gasteiger partial charge on any atom is -0.369 e. The summed E-state index contributed by atoms with van der Waals surface area (Å²) in [4.78, 5) is 28.5. The van der Waals surface area contributed by atoms with Gasteiger partial charge in [0, 0.05) is 43.1 Å². The second-order valence-electron chi connectivity index (χ2n) is 8.05. The van der Waals surface area contributed by atoms with E-state index in [0.29, 0.717) is 5.56 Å². The number of carbonyl (C=O) groups is 2. The fourth-order valence-corrected chi connectivity index (χ4v) is 4.10. The van der Waals surface area contributed by atoms with Gasteiger partial charge in [-0.15, -0.1) is 0 Å². The molecule has 1 atom stereocenters. The summed E-state index contributed by atoms with van der Waals surface area (Å²) in [7, 11) is 0. The van der Waals surface area contributed by atoms with E-state index in [9.17, 15) is 9.59 Å². The van der Waals surface area contributed by atoms with Crippen LogP contribution in [0.15, 0.2) is 60.7 Å². The first-order chi connectivity index (χ1) is 14.6. The molecule has 2 heterocycles. The number of benzene rings is 2. The Labute approximate surface area is 177 Å². The van der Waals surface area contributed by atoms with E-state index in [-0.39, 0.29) is 17.7 Å². The average molecular weight is 405 g/mol. The zero-order valence-electron chi connectivity index (χ0n) is 17.1. The Morgan fingerprint density at radius 2 is 1.70 bits per heavy atom. The highest BCUT2D eigenvalue weighted by molar-refractivity contribution is 6.04. The minimum atomic E-state index is -0.206. The van der Waals surface area contributed by atoms with Crippen molar-refractivity contribution >= 4 is 23.2 Å². The Morgan fingerprint density at radius 1 is 1.00 bits per heavy atom. The normalized spacial score (nSPS) is 19.1. The quantitative estimate of drug-likeness (QED) is 0.726. The van der Waals surface area contributed by atoms with Crippen molar-refractivity contribution in [2.75, 3.05) is 36.4 Å². The van der Waals surface area contributed by atoms with Crippen molar-refractivity contribution in [2.45, 2.75) is 19.4 Å². The topological polar surface area (TPSA) is 78.7 Å². The number of anilines is 2. The number of nitrogens with two attached hydrogens (primary N) is 1. The lowest BCUT2D eigenvalue weighted by molar-refractivity contribution is -0.123. The number of nitrogens with zero attached hydrogens (tertiary/aromatic N) is 2. The van der Waals surface area contributed by atoms with Crippen molar-refractivity contribution < 1.29 is 9.59 Å². The molecule has 0 aliphatic carbocycles. The third-order valence-electron chi connectivity index (χ3n) is 5.84. The molecule has 6 heteroatoms. The van der Waals surface area contributed by atoms with Gasteiger partial charge in [0.1, 0.15) is 0 Å². The fraction of sp³-hybridized carbons (Fsp3) is 0.333. The van der Waals surface area contributed by atoms with Crippen LogP contribution in [-0.4, -0.2) is 42.9 Å². The summed E-state index contributed by atoms with van der Waals surface area (Å²) in [5, 5.41) is 2.96. The first kappa shape index (κ1) is 20.2. The van der Waals surface area contributed by atoms with Crippen LogP contribution in [0.2, 0.25) is 0 Å². The van der Waals surface area contributed by atoms with Crippen LogP contribution in [0.5, 0.6) is 0 Å². The van der Waals surface area contributed by atoms with E-state index in [1.165, 1.54) is 0 Å². The molecular formula is C24H28N4O2. The number of hydrogen-bond donors (Lipinski definition) is 2. The summed E-state index contributed by atoms with van der Waals surface area (Å²) in [6.45, 7) is 4.31. The van der Waals surface area contributed by atoms with Crippen molar-refractivity contribution in [2.24, 2.45) is 11.7 Å². The maximum Gasteiger partial charge on any atom is 0.255 e. The highest BCUT2D eigenvalue weighted by atomic mass is 16.2. The van der Waals surface area contributed by atoms with Crippen molar-refractivity contribution in [3.8, 4) is 0 Å². The number of carbonyl (C=O) groups excluding carboxylic acids is 2. The lowest BCUT2D eigenvalue weighted by Gasteiger charge is -2.31.